The van der Waals surface area contributed by atoms with E-state index >= 15 is 0 Å². The van der Waals surface area contributed by atoms with Gasteiger partial charge in [0, 0.05) is 12.3 Å². The van der Waals surface area contributed by atoms with Crippen LogP contribution in [0.3, 0.4) is 0 Å². The Hall–Kier alpha value is -2.28. The Labute approximate surface area is 108 Å². The highest BCUT2D eigenvalue weighted by Gasteiger charge is 2.03. The number of rotatable bonds is 3. The van der Waals surface area contributed by atoms with Crippen molar-refractivity contribution in [2.24, 2.45) is 0 Å². The summed E-state index contributed by atoms with van der Waals surface area (Å²) in [5.41, 5.74) is 0. The van der Waals surface area contributed by atoms with Gasteiger partial charge in [-0.1, -0.05) is 11.6 Å². The number of aromatic nitrogens is 4. The van der Waals surface area contributed by atoms with Gasteiger partial charge < -0.3 is 5.32 Å². The minimum atomic E-state index is -0.425. The molecular weight excluding hydrogens is 256 g/mol. The van der Waals surface area contributed by atoms with Crippen LogP contribution in [0.15, 0.2) is 24.7 Å². The van der Waals surface area contributed by atoms with Gasteiger partial charge in [-0.3, -0.25) is 5.32 Å². The van der Waals surface area contributed by atoms with Crippen molar-refractivity contribution in [3.05, 3.63) is 41.8 Å². The van der Waals surface area contributed by atoms with E-state index in [2.05, 4.69) is 36.8 Å². The molecule has 0 spiro atoms. The number of urea groups is 1. The van der Waals surface area contributed by atoms with Crippen molar-refractivity contribution >= 4 is 23.4 Å². The highest BCUT2D eigenvalue weighted by Crippen LogP contribution is 2.02. The molecule has 0 aliphatic carbocycles. The average molecular weight is 264 g/mol. The fourth-order valence-corrected chi connectivity index (χ4v) is 1.26. The third-order valence-corrected chi connectivity index (χ3v) is 2.06. The smallest absolute Gasteiger partial charge is 0.320 e. The number of nitrogens with zero attached hydrogens (tertiary/aromatic N) is 4. The maximum Gasteiger partial charge on any atom is 0.320 e. The first kappa shape index (κ1) is 12.2. The van der Waals surface area contributed by atoms with Gasteiger partial charge in [-0.05, 0) is 6.07 Å². The normalized spacial score (nSPS) is 9.83. The van der Waals surface area contributed by atoms with Gasteiger partial charge in [0.25, 0.3) is 0 Å². The molecule has 0 atom stereocenters. The molecule has 0 saturated heterocycles. The maximum atomic E-state index is 11.5. The molecule has 2 rings (SSSR count). The molecule has 2 heterocycles. The van der Waals surface area contributed by atoms with Crippen LogP contribution < -0.4 is 10.6 Å². The van der Waals surface area contributed by atoms with Gasteiger partial charge in [-0.2, -0.15) is 0 Å². The van der Waals surface area contributed by atoms with Crippen molar-refractivity contribution in [3.8, 4) is 0 Å². The lowest BCUT2D eigenvalue weighted by atomic mass is 10.5. The molecule has 2 N–H and O–H groups in total. The van der Waals surface area contributed by atoms with Crippen molar-refractivity contribution in [3.63, 3.8) is 0 Å². The summed E-state index contributed by atoms with van der Waals surface area (Å²) in [6, 6.07) is 2.59. The van der Waals surface area contributed by atoms with Gasteiger partial charge in [0.15, 0.2) is 0 Å². The lowest BCUT2D eigenvalue weighted by Crippen LogP contribution is -2.29. The molecule has 2 amide bonds. The molecule has 7 nitrogen and oxygen atoms in total. The molecule has 2 aromatic rings. The molecule has 0 aromatic carbocycles. The van der Waals surface area contributed by atoms with Crippen LogP contribution in [0.25, 0.3) is 0 Å². The zero-order valence-electron chi connectivity index (χ0n) is 9.09. The predicted octanol–water partition coefficient (Wildman–Crippen LogP) is 1.04. The van der Waals surface area contributed by atoms with E-state index in [-0.39, 0.29) is 6.54 Å². The van der Waals surface area contributed by atoms with E-state index in [0.29, 0.717) is 16.8 Å². The predicted molar refractivity (Wildman–Crippen MR) is 63.8 cm³/mol. The van der Waals surface area contributed by atoms with E-state index in [0.717, 1.165) is 0 Å². The molecule has 0 aliphatic rings. The van der Waals surface area contributed by atoms with Crippen molar-refractivity contribution in [2.45, 2.75) is 6.54 Å². The summed E-state index contributed by atoms with van der Waals surface area (Å²) in [4.78, 5) is 26.8. The van der Waals surface area contributed by atoms with Crippen LogP contribution in [0.1, 0.15) is 5.82 Å². The number of nitrogens with one attached hydrogen (secondary N) is 2. The molecule has 0 saturated carbocycles. The largest absolute Gasteiger partial charge is 0.331 e. The molecule has 0 unspecified atom stereocenters. The Balaban J connectivity index is 1.85. The van der Waals surface area contributed by atoms with Gasteiger partial charge in [-0.15, -0.1) is 0 Å². The number of anilines is 1. The summed E-state index contributed by atoms with van der Waals surface area (Å²) < 4.78 is 0. The lowest BCUT2D eigenvalue weighted by Gasteiger charge is -2.05. The fourth-order valence-electron chi connectivity index (χ4n) is 1.11. The number of hydrogen-bond acceptors (Lipinski definition) is 5. The first-order valence-corrected chi connectivity index (χ1v) is 5.32. The van der Waals surface area contributed by atoms with E-state index < -0.39 is 6.03 Å². The van der Waals surface area contributed by atoms with Crippen molar-refractivity contribution in [1.29, 1.82) is 0 Å². The molecular formula is C10H8ClN6O. The van der Waals surface area contributed by atoms with Gasteiger partial charge in [0.1, 0.15) is 23.1 Å². The second-order valence-electron chi connectivity index (χ2n) is 3.14. The third-order valence-electron chi connectivity index (χ3n) is 1.85. The molecule has 2 aromatic heterocycles. The summed E-state index contributed by atoms with van der Waals surface area (Å²) in [6.45, 7) is 0.168. The minimum absolute atomic E-state index is 0.168. The van der Waals surface area contributed by atoms with Gasteiger partial charge in [0.05, 0.1) is 12.7 Å². The summed E-state index contributed by atoms with van der Waals surface area (Å²) in [5.74, 6) is 0.779. The topological polar surface area (TPSA) is 92.7 Å². The number of halogens is 1. The van der Waals surface area contributed by atoms with Crippen molar-refractivity contribution < 1.29 is 4.79 Å². The Morgan fingerprint density at radius 1 is 1.44 bits per heavy atom. The Morgan fingerprint density at radius 3 is 3.06 bits per heavy atom. The average Bonchev–Trinajstić information content (AvgIpc) is 2.38. The van der Waals surface area contributed by atoms with Crippen LogP contribution >= 0.6 is 11.6 Å². The molecule has 18 heavy (non-hydrogen) atoms. The maximum absolute atomic E-state index is 11.5. The van der Waals surface area contributed by atoms with Crippen LogP contribution in [0.2, 0.25) is 5.15 Å². The van der Waals surface area contributed by atoms with Crippen molar-refractivity contribution in [1.82, 2.24) is 25.3 Å². The fraction of sp³-hybridized carbons (Fsp3) is 0.100. The second kappa shape index (κ2) is 5.87. The number of hydrogen-bond donors (Lipinski definition) is 2. The van der Waals surface area contributed by atoms with E-state index in [1.54, 1.807) is 6.07 Å². The van der Waals surface area contributed by atoms with E-state index in [9.17, 15) is 4.79 Å². The Bertz CT molecular complexity index is 535. The molecule has 0 bridgehead atoms. The highest BCUT2D eigenvalue weighted by molar-refractivity contribution is 6.29. The highest BCUT2D eigenvalue weighted by atomic mass is 35.5. The van der Waals surface area contributed by atoms with Gasteiger partial charge in [0.2, 0.25) is 0 Å². The number of amides is 2. The first-order chi connectivity index (χ1) is 8.74. The van der Waals surface area contributed by atoms with Crippen LogP contribution in [0, 0.1) is 6.20 Å². The molecule has 0 fully saturated rings. The van der Waals surface area contributed by atoms with Crippen LogP contribution in [0.5, 0.6) is 0 Å². The molecule has 91 valence electrons. The van der Waals surface area contributed by atoms with E-state index in [4.69, 9.17) is 11.6 Å². The number of carbonyl (C=O) groups is 1. The molecule has 0 aliphatic heterocycles. The monoisotopic (exact) mass is 263 g/mol. The van der Waals surface area contributed by atoms with E-state index in [1.165, 1.54) is 18.6 Å². The van der Waals surface area contributed by atoms with Crippen LogP contribution in [-0.4, -0.2) is 26.0 Å². The summed E-state index contributed by atoms with van der Waals surface area (Å²) >= 11 is 5.69. The first-order valence-electron chi connectivity index (χ1n) is 4.94. The van der Waals surface area contributed by atoms with Crippen LogP contribution in [0.4, 0.5) is 10.6 Å². The summed E-state index contributed by atoms with van der Waals surface area (Å²) in [6.07, 6.45) is 5.36. The van der Waals surface area contributed by atoms with Gasteiger partial charge in [-0.25, -0.2) is 24.7 Å². The van der Waals surface area contributed by atoms with Gasteiger partial charge >= 0.3 is 6.03 Å². The minimum Gasteiger partial charge on any atom is -0.331 e. The molecule has 8 heteroatoms. The standard InChI is InChI=1S/C10H8ClN6O/c11-7-1-4-13-9(16-7)5-14-10(18)17-8-2-3-12-6-15-8/h1-2,4,6H,5H2,(H2,12,14,15,17,18). The summed E-state index contributed by atoms with van der Waals surface area (Å²) in [7, 11) is 0. The van der Waals surface area contributed by atoms with Crippen LogP contribution in [-0.2, 0) is 6.54 Å². The zero-order valence-corrected chi connectivity index (χ0v) is 9.85. The summed E-state index contributed by atoms with van der Waals surface area (Å²) in [5, 5.41) is 5.40. The Kier molecular flexibility index (Phi) is 3.98. The third kappa shape index (κ3) is 3.63. The quantitative estimate of drug-likeness (QED) is 0.807. The second-order valence-corrected chi connectivity index (χ2v) is 3.52. The Morgan fingerprint density at radius 2 is 2.33 bits per heavy atom. The zero-order chi connectivity index (χ0) is 12.8. The molecule has 1 radical (unpaired) electrons. The SMILES string of the molecule is O=C(NCc1nccc(Cl)n1)Nc1c[c]ncn1. The van der Waals surface area contributed by atoms with Crippen molar-refractivity contribution in [2.75, 3.05) is 5.32 Å². The lowest BCUT2D eigenvalue weighted by molar-refractivity contribution is 0.251. The van der Waals surface area contributed by atoms with E-state index in [1.807, 2.05) is 0 Å². The number of carbonyl (C=O) groups excluding carboxylic acids is 1.